The van der Waals surface area contributed by atoms with E-state index in [1.807, 2.05) is 0 Å². The molecule has 0 spiro atoms. The van der Waals surface area contributed by atoms with Crippen LogP contribution < -0.4 is 0 Å². The Morgan fingerprint density at radius 3 is 2.59 bits per heavy atom. The molecule has 0 heterocycles. The summed E-state index contributed by atoms with van der Waals surface area (Å²) < 4.78 is 0. The van der Waals surface area contributed by atoms with Crippen LogP contribution in [0.1, 0.15) is 25.7 Å². The van der Waals surface area contributed by atoms with Gasteiger partial charge in [-0.1, -0.05) is 25.7 Å². The van der Waals surface area contributed by atoms with Crippen LogP contribution in [-0.2, 0) is 9.59 Å². The van der Waals surface area contributed by atoms with Gasteiger partial charge < -0.3 is 5.11 Å². The molecule has 0 aromatic carbocycles. The zero-order valence-electron chi connectivity index (χ0n) is 11.0. The first-order valence-electron chi connectivity index (χ1n) is 6.52. The Labute approximate surface area is 104 Å². The Morgan fingerprint density at radius 1 is 1.47 bits per heavy atom. The maximum Gasteiger partial charge on any atom is 0.307 e. The summed E-state index contributed by atoms with van der Waals surface area (Å²) in [6, 6.07) is 1.06. The molecule has 2 aliphatic rings. The van der Waals surface area contributed by atoms with E-state index in [2.05, 4.69) is 19.6 Å². The molecule has 2 bridgehead atoms. The van der Waals surface area contributed by atoms with E-state index in [-0.39, 0.29) is 17.6 Å². The topological polar surface area (TPSA) is 54.4 Å². The molecule has 3 atom stereocenters. The molecule has 2 fully saturated rings. The van der Waals surface area contributed by atoms with Gasteiger partial charge in [0, 0.05) is 19.9 Å². The average Bonchev–Trinajstić information content (AvgIpc) is 2.65. The third-order valence-electron chi connectivity index (χ3n) is 4.62. The Bertz CT molecular complexity index is 358. The van der Waals surface area contributed by atoms with Gasteiger partial charge in [0.15, 0.2) is 0 Å². The molecule has 96 valence electrons. The van der Waals surface area contributed by atoms with Gasteiger partial charge in [-0.2, -0.15) is 0 Å². The largest absolute Gasteiger partial charge is 0.481 e. The molecule has 2 saturated carbocycles. The fourth-order valence-corrected chi connectivity index (χ4v) is 4.84. The number of ketones is 1. The summed E-state index contributed by atoms with van der Waals surface area (Å²) in [4.78, 5) is 23.5. The van der Waals surface area contributed by atoms with E-state index in [1.165, 1.54) is 0 Å². The van der Waals surface area contributed by atoms with E-state index < -0.39 is 19.5 Å². The minimum absolute atomic E-state index is 0.127. The molecular weight excluding hydrogens is 232 g/mol. The number of carboxylic acid groups (broad SMARTS) is 1. The summed E-state index contributed by atoms with van der Waals surface area (Å²) in [6.07, 6.45) is 3.09. The van der Waals surface area contributed by atoms with Gasteiger partial charge in [0.2, 0.25) is 0 Å². The van der Waals surface area contributed by atoms with Crippen molar-refractivity contribution < 1.29 is 14.7 Å². The molecule has 0 saturated heterocycles. The van der Waals surface area contributed by atoms with Crippen LogP contribution in [0.15, 0.2) is 0 Å². The monoisotopic (exact) mass is 254 g/mol. The van der Waals surface area contributed by atoms with Crippen LogP contribution in [0.3, 0.4) is 0 Å². The lowest BCUT2D eigenvalue weighted by atomic mass is 9.75. The van der Waals surface area contributed by atoms with Gasteiger partial charge in [-0.15, -0.1) is 0 Å². The lowest BCUT2D eigenvalue weighted by molar-refractivity contribution is -0.148. The van der Waals surface area contributed by atoms with E-state index in [4.69, 9.17) is 0 Å². The highest BCUT2D eigenvalue weighted by molar-refractivity contribution is 6.76. The maximum atomic E-state index is 12.1. The third kappa shape index (κ3) is 2.07. The number of carbonyl (C=O) groups is 2. The van der Waals surface area contributed by atoms with Crippen molar-refractivity contribution in [1.29, 1.82) is 0 Å². The van der Waals surface area contributed by atoms with Crippen LogP contribution in [-0.4, -0.2) is 24.9 Å². The van der Waals surface area contributed by atoms with Crippen LogP contribution >= 0.6 is 0 Å². The van der Waals surface area contributed by atoms with Gasteiger partial charge >= 0.3 is 5.97 Å². The van der Waals surface area contributed by atoms with E-state index in [0.717, 1.165) is 25.3 Å². The Morgan fingerprint density at radius 2 is 2.12 bits per heavy atom. The van der Waals surface area contributed by atoms with Crippen LogP contribution in [0.25, 0.3) is 0 Å². The fourth-order valence-electron chi connectivity index (χ4n) is 3.65. The van der Waals surface area contributed by atoms with Gasteiger partial charge in [0.25, 0.3) is 0 Å². The summed E-state index contributed by atoms with van der Waals surface area (Å²) in [5, 5.41) is 9.37. The molecule has 0 aliphatic heterocycles. The first kappa shape index (κ1) is 12.8. The average molecular weight is 254 g/mol. The first-order valence-corrected chi connectivity index (χ1v) is 10.2. The first-order chi connectivity index (χ1) is 7.76. The van der Waals surface area contributed by atoms with Gasteiger partial charge in [-0.3, -0.25) is 9.59 Å². The van der Waals surface area contributed by atoms with E-state index in [9.17, 15) is 14.7 Å². The van der Waals surface area contributed by atoms with Gasteiger partial charge in [-0.05, 0) is 25.2 Å². The number of Topliss-reactive ketones (excluding diaryl/α,β-unsaturated/α-hetero) is 1. The molecule has 17 heavy (non-hydrogen) atoms. The van der Waals surface area contributed by atoms with Crippen molar-refractivity contribution in [2.75, 3.05) is 0 Å². The number of carboxylic acids is 1. The normalized spacial score (nSPS) is 36.5. The Kier molecular flexibility index (Phi) is 2.96. The standard InChI is InChI=1S/C13H22O3Si/c1-17(2,3)7-6-13-5-4-9(8-10(13)14)11(13)12(15)16/h9,11H,4-8H2,1-3H3,(H,15,16). The number of rotatable bonds is 4. The summed E-state index contributed by atoms with van der Waals surface area (Å²) >= 11 is 0. The van der Waals surface area contributed by atoms with Crippen molar-refractivity contribution in [3.63, 3.8) is 0 Å². The Hall–Kier alpha value is -0.643. The zero-order chi connectivity index (χ0) is 12.8. The third-order valence-corrected chi connectivity index (χ3v) is 6.37. The van der Waals surface area contributed by atoms with Crippen LogP contribution in [0, 0.1) is 17.3 Å². The van der Waals surface area contributed by atoms with Crippen molar-refractivity contribution in [1.82, 2.24) is 0 Å². The van der Waals surface area contributed by atoms with Crippen molar-refractivity contribution in [2.45, 2.75) is 51.4 Å². The Balaban J connectivity index is 2.20. The van der Waals surface area contributed by atoms with Crippen LogP contribution in [0.5, 0.6) is 0 Å². The molecule has 3 nitrogen and oxygen atoms in total. The SMILES string of the molecule is C[Si](C)(C)CCC12CCC(CC1=O)C2C(=O)O. The molecular formula is C13H22O3Si. The molecule has 4 heteroatoms. The molecule has 3 unspecified atom stereocenters. The minimum atomic E-state index is -1.21. The predicted octanol–water partition coefficient (Wildman–Crippen LogP) is 2.78. The second-order valence-corrected chi connectivity index (χ2v) is 12.6. The van der Waals surface area contributed by atoms with Crippen molar-refractivity contribution in [2.24, 2.45) is 17.3 Å². The highest BCUT2D eigenvalue weighted by atomic mass is 28.3. The number of carbonyl (C=O) groups excluding carboxylic acids is 1. The molecule has 2 aliphatic carbocycles. The smallest absolute Gasteiger partial charge is 0.307 e. The molecule has 0 aromatic rings. The highest BCUT2D eigenvalue weighted by Gasteiger charge is 2.61. The van der Waals surface area contributed by atoms with E-state index >= 15 is 0 Å². The number of fused-ring (bicyclic) bond motifs is 2. The number of aliphatic carboxylic acids is 1. The number of hydrogen-bond donors (Lipinski definition) is 1. The summed E-state index contributed by atoms with van der Waals surface area (Å²) in [5.41, 5.74) is -0.489. The zero-order valence-corrected chi connectivity index (χ0v) is 12.0. The fraction of sp³-hybridized carbons (Fsp3) is 0.846. The highest BCUT2D eigenvalue weighted by Crippen LogP contribution is 2.59. The van der Waals surface area contributed by atoms with E-state index in [0.29, 0.717) is 6.42 Å². The van der Waals surface area contributed by atoms with Gasteiger partial charge in [0.05, 0.1) is 5.92 Å². The van der Waals surface area contributed by atoms with Crippen molar-refractivity contribution >= 4 is 19.8 Å². The van der Waals surface area contributed by atoms with Gasteiger partial charge in [-0.25, -0.2) is 0 Å². The predicted molar refractivity (Wildman–Crippen MR) is 68.7 cm³/mol. The maximum absolute atomic E-state index is 12.1. The lowest BCUT2D eigenvalue weighted by Gasteiger charge is -2.30. The second kappa shape index (κ2) is 3.94. The second-order valence-electron chi connectivity index (χ2n) is 6.96. The van der Waals surface area contributed by atoms with Gasteiger partial charge in [0.1, 0.15) is 5.78 Å². The molecule has 0 amide bonds. The van der Waals surface area contributed by atoms with Crippen molar-refractivity contribution in [3.05, 3.63) is 0 Å². The van der Waals surface area contributed by atoms with E-state index in [1.54, 1.807) is 0 Å². The molecule has 2 rings (SSSR count). The summed E-state index contributed by atoms with van der Waals surface area (Å²) in [7, 11) is -1.21. The summed E-state index contributed by atoms with van der Waals surface area (Å²) in [6.45, 7) is 6.85. The van der Waals surface area contributed by atoms with Crippen molar-refractivity contribution in [3.8, 4) is 0 Å². The van der Waals surface area contributed by atoms with Crippen LogP contribution in [0.2, 0.25) is 25.7 Å². The lowest BCUT2D eigenvalue weighted by Crippen LogP contribution is -2.36. The molecule has 0 radical (unpaired) electrons. The minimum Gasteiger partial charge on any atom is -0.481 e. The molecule has 0 aromatic heterocycles. The number of hydrogen-bond acceptors (Lipinski definition) is 2. The van der Waals surface area contributed by atoms with Crippen LogP contribution in [0.4, 0.5) is 0 Å². The summed E-state index contributed by atoms with van der Waals surface area (Å²) in [5.74, 6) is -0.763. The molecule has 1 N–H and O–H groups in total. The quantitative estimate of drug-likeness (QED) is 0.785.